The first kappa shape index (κ1) is 24.8. The van der Waals surface area contributed by atoms with Crippen LogP contribution in [0.15, 0.2) is 112 Å². The highest BCUT2D eigenvalue weighted by Gasteiger charge is 2.31. The van der Waals surface area contributed by atoms with Crippen molar-refractivity contribution in [3.8, 4) is 34.8 Å². The van der Waals surface area contributed by atoms with Crippen molar-refractivity contribution in [3.05, 3.63) is 114 Å². The molecule has 0 saturated heterocycles. The molecule has 0 unspecified atom stereocenters. The SMILES string of the molecule is N#CC(C#N)=C1c2cc(S(=O)(=O)Oc3ccccc3)ccc2-c2ccc(S(=O)(=O)Oc3ccccc3)cc21. The van der Waals surface area contributed by atoms with Gasteiger partial charge in [-0.2, -0.15) is 27.4 Å². The number of hydrogen-bond donors (Lipinski definition) is 0. The Hall–Kier alpha value is -4.90. The summed E-state index contributed by atoms with van der Waals surface area (Å²) in [6.45, 7) is 0. The lowest BCUT2D eigenvalue weighted by Gasteiger charge is -2.09. The fraction of sp³-hybridized carbons (Fsp3) is 0. The highest BCUT2D eigenvalue weighted by atomic mass is 32.2. The number of para-hydroxylation sites is 2. The van der Waals surface area contributed by atoms with Gasteiger partial charge in [0.05, 0.1) is 0 Å². The van der Waals surface area contributed by atoms with Gasteiger partial charge in [0.2, 0.25) is 0 Å². The van der Waals surface area contributed by atoms with Crippen molar-refractivity contribution in [2.24, 2.45) is 0 Å². The Morgan fingerprint density at radius 3 is 1.32 bits per heavy atom. The van der Waals surface area contributed by atoms with Crippen LogP contribution in [0.3, 0.4) is 0 Å². The number of rotatable bonds is 6. The summed E-state index contributed by atoms with van der Waals surface area (Å²) in [4.78, 5) is -0.387. The molecular formula is C28H16N2O6S2. The van der Waals surface area contributed by atoms with E-state index in [9.17, 15) is 27.4 Å². The predicted octanol–water partition coefficient (Wildman–Crippen LogP) is 5.05. The first-order chi connectivity index (χ1) is 18.2. The minimum Gasteiger partial charge on any atom is -0.379 e. The van der Waals surface area contributed by atoms with Crippen LogP contribution in [0.25, 0.3) is 16.7 Å². The minimum atomic E-state index is -4.26. The van der Waals surface area contributed by atoms with E-state index < -0.39 is 20.2 Å². The second kappa shape index (κ2) is 9.52. The van der Waals surface area contributed by atoms with E-state index in [0.29, 0.717) is 11.1 Å². The van der Waals surface area contributed by atoms with Gasteiger partial charge in [-0.15, -0.1) is 0 Å². The molecule has 5 rings (SSSR count). The summed E-state index contributed by atoms with van der Waals surface area (Å²) in [5.74, 6) is 0.241. The molecule has 0 saturated carbocycles. The van der Waals surface area contributed by atoms with Crippen molar-refractivity contribution in [2.75, 3.05) is 0 Å². The maximum absolute atomic E-state index is 13.0. The van der Waals surface area contributed by atoms with Gasteiger partial charge in [-0.05, 0) is 70.8 Å². The first-order valence-corrected chi connectivity index (χ1v) is 13.9. The molecule has 4 aromatic carbocycles. The minimum absolute atomic E-state index is 0.119. The molecule has 1 aliphatic rings. The number of nitriles is 2. The molecule has 0 heterocycles. The smallest absolute Gasteiger partial charge is 0.339 e. The van der Waals surface area contributed by atoms with Crippen LogP contribution in [0, 0.1) is 22.7 Å². The van der Waals surface area contributed by atoms with E-state index in [2.05, 4.69) is 0 Å². The largest absolute Gasteiger partial charge is 0.379 e. The summed E-state index contributed by atoms with van der Waals surface area (Å²) >= 11 is 0. The third kappa shape index (κ3) is 4.50. The standard InChI is InChI=1S/C28H16N2O6S2/c29-17-19(18-30)28-26-15-22(37(31,32)35-20-7-3-1-4-8-20)11-13-24(26)25-14-12-23(16-27(25)28)38(33,34)36-21-9-5-2-6-10-21/h1-16H. The Labute approximate surface area is 219 Å². The van der Waals surface area contributed by atoms with Crippen molar-refractivity contribution in [1.29, 1.82) is 10.5 Å². The Morgan fingerprint density at radius 1 is 0.553 bits per heavy atom. The Balaban J connectivity index is 1.62. The van der Waals surface area contributed by atoms with Gasteiger partial charge in [0.15, 0.2) is 0 Å². The third-order valence-electron chi connectivity index (χ3n) is 5.76. The summed E-state index contributed by atoms with van der Waals surface area (Å²) in [6, 6.07) is 28.0. The number of hydrogen-bond acceptors (Lipinski definition) is 8. The molecule has 0 aromatic heterocycles. The highest BCUT2D eigenvalue weighted by Crippen LogP contribution is 2.47. The number of allylic oxidation sites excluding steroid dienone is 1. The number of fused-ring (bicyclic) bond motifs is 3. The van der Waals surface area contributed by atoms with E-state index in [0.717, 1.165) is 0 Å². The Kier molecular flexibility index (Phi) is 6.21. The zero-order valence-corrected chi connectivity index (χ0v) is 21.0. The summed E-state index contributed by atoms with van der Waals surface area (Å²) in [5.41, 5.74) is 1.45. The molecule has 0 bridgehead atoms. The fourth-order valence-electron chi connectivity index (χ4n) is 4.09. The molecule has 0 aliphatic heterocycles. The topological polar surface area (TPSA) is 134 Å². The van der Waals surface area contributed by atoms with Gasteiger partial charge in [-0.25, -0.2) is 0 Å². The summed E-state index contributed by atoms with van der Waals surface area (Å²) < 4.78 is 62.4. The zero-order chi connectivity index (χ0) is 26.9. The normalized spacial score (nSPS) is 12.0. The number of benzene rings is 4. The van der Waals surface area contributed by atoms with Gasteiger partial charge in [0.1, 0.15) is 39.0 Å². The monoisotopic (exact) mass is 540 g/mol. The van der Waals surface area contributed by atoms with Crippen molar-refractivity contribution >= 4 is 25.8 Å². The van der Waals surface area contributed by atoms with Crippen LogP contribution in [0.2, 0.25) is 0 Å². The van der Waals surface area contributed by atoms with Gasteiger partial charge in [-0.1, -0.05) is 48.5 Å². The van der Waals surface area contributed by atoms with Crippen molar-refractivity contribution in [2.45, 2.75) is 9.79 Å². The van der Waals surface area contributed by atoms with Crippen LogP contribution in [-0.4, -0.2) is 16.8 Å². The lowest BCUT2D eigenvalue weighted by molar-refractivity contribution is 0.484. The molecule has 0 radical (unpaired) electrons. The average molecular weight is 541 g/mol. The van der Waals surface area contributed by atoms with Crippen LogP contribution in [0.4, 0.5) is 0 Å². The molecule has 0 N–H and O–H groups in total. The zero-order valence-electron chi connectivity index (χ0n) is 19.4. The molecule has 0 atom stereocenters. The van der Waals surface area contributed by atoms with Gasteiger partial charge >= 0.3 is 20.2 Å². The first-order valence-electron chi connectivity index (χ1n) is 11.1. The van der Waals surface area contributed by atoms with Gasteiger partial charge in [-0.3, -0.25) is 0 Å². The Bertz CT molecular complexity index is 1760. The molecule has 0 spiro atoms. The van der Waals surface area contributed by atoms with E-state index >= 15 is 0 Å². The van der Waals surface area contributed by atoms with Crippen LogP contribution in [-0.2, 0) is 20.2 Å². The van der Waals surface area contributed by atoms with Gasteiger partial charge < -0.3 is 8.37 Å². The number of nitrogens with zero attached hydrogens (tertiary/aromatic N) is 2. The molecule has 1 aliphatic carbocycles. The van der Waals surface area contributed by atoms with Gasteiger partial charge in [0.25, 0.3) is 0 Å². The maximum Gasteiger partial charge on any atom is 0.339 e. The maximum atomic E-state index is 13.0. The van der Waals surface area contributed by atoms with Crippen LogP contribution >= 0.6 is 0 Å². The summed E-state index contributed by atoms with van der Waals surface area (Å²) in [6.07, 6.45) is 0. The lowest BCUT2D eigenvalue weighted by atomic mass is 9.99. The van der Waals surface area contributed by atoms with Crippen LogP contribution < -0.4 is 8.37 Å². The second-order valence-electron chi connectivity index (χ2n) is 8.09. The Morgan fingerprint density at radius 2 is 0.947 bits per heavy atom. The van der Waals surface area contributed by atoms with Crippen molar-refractivity contribution in [1.82, 2.24) is 0 Å². The second-order valence-corrected chi connectivity index (χ2v) is 11.2. The van der Waals surface area contributed by atoms with Crippen LogP contribution in [0.5, 0.6) is 11.5 Å². The molecule has 186 valence electrons. The molecule has 8 nitrogen and oxygen atoms in total. The molecule has 0 amide bonds. The average Bonchev–Trinajstić information content (AvgIpc) is 3.23. The highest BCUT2D eigenvalue weighted by molar-refractivity contribution is 7.87. The van der Waals surface area contributed by atoms with E-state index in [1.807, 2.05) is 12.1 Å². The molecule has 10 heteroatoms. The quantitative estimate of drug-likeness (QED) is 0.216. The summed E-state index contributed by atoms with van der Waals surface area (Å²) in [5, 5.41) is 19.3. The van der Waals surface area contributed by atoms with E-state index in [1.54, 1.807) is 36.4 Å². The van der Waals surface area contributed by atoms with Crippen molar-refractivity contribution in [3.63, 3.8) is 0 Å². The van der Waals surface area contributed by atoms with Crippen molar-refractivity contribution < 1.29 is 25.2 Å². The lowest BCUT2D eigenvalue weighted by Crippen LogP contribution is -2.10. The van der Waals surface area contributed by atoms with E-state index in [4.69, 9.17) is 8.37 Å². The summed E-state index contributed by atoms with van der Waals surface area (Å²) in [7, 11) is -8.51. The molecule has 0 fully saturated rings. The van der Waals surface area contributed by atoms with Gasteiger partial charge in [0, 0.05) is 5.57 Å². The predicted molar refractivity (Wildman–Crippen MR) is 138 cm³/mol. The fourth-order valence-corrected chi connectivity index (χ4v) is 6.01. The molecule has 4 aromatic rings. The van der Waals surface area contributed by atoms with E-state index in [-0.39, 0.29) is 43.6 Å². The molecule has 38 heavy (non-hydrogen) atoms. The third-order valence-corrected chi connectivity index (χ3v) is 8.25. The van der Waals surface area contributed by atoms with E-state index in [1.165, 1.54) is 60.7 Å². The van der Waals surface area contributed by atoms with Crippen LogP contribution in [0.1, 0.15) is 11.1 Å². The molecular weight excluding hydrogens is 524 g/mol.